The zero-order chi connectivity index (χ0) is 9.23. The van der Waals surface area contributed by atoms with Gasteiger partial charge in [-0.05, 0) is 6.92 Å². The molecule has 0 aliphatic carbocycles. The van der Waals surface area contributed by atoms with Crippen LogP contribution in [0, 0.1) is 0 Å². The van der Waals surface area contributed by atoms with Crippen molar-refractivity contribution in [1.29, 1.82) is 0 Å². The highest BCUT2D eigenvalue weighted by atomic mass is 35.5. The Bertz CT molecular complexity index is 166. The van der Waals surface area contributed by atoms with Crippen molar-refractivity contribution in [1.82, 2.24) is 0 Å². The molecule has 0 radical (unpaired) electrons. The summed E-state index contributed by atoms with van der Waals surface area (Å²) in [5.74, 6) is 0. The number of halogens is 6. The molecule has 1 atom stereocenters. The van der Waals surface area contributed by atoms with Gasteiger partial charge < -0.3 is 0 Å². The Morgan fingerprint density at radius 1 is 1.18 bits per heavy atom. The summed E-state index contributed by atoms with van der Waals surface area (Å²) in [5.41, 5.74) is 0. The normalized spacial score (nSPS) is 14.5. The molecule has 66 valence electrons. The molecule has 0 heterocycles. The van der Waals surface area contributed by atoms with Crippen molar-refractivity contribution in [2.24, 2.45) is 0 Å². The Morgan fingerprint density at radius 2 is 1.55 bits per heavy atom. The molecule has 11 heavy (non-hydrogen) atoms. The first-order valence-electron chi connectivity index (χ1n) is 2.53. The van der Waals surface area contributed by atoms with Gasteiger partial charge in [-0.1, -0.05) is 58.0 Å². The Balaban J connectivity index is 4.70. The molecule has 6 heteroatoms. The summed E-state index contributed by atoms with van der Waals surface area (Å²) in [6, 6.07) is 0. The van der Waals surface area contributed by atoms with E-state index in [1.165, 1.54) is 0 Å². The Hall–Kier alpha value is 1.48. The molecule has 0 bridgehead atoms. The fourth-order valence-electron chi connectivity index (χ4n) is 0.301. The van der Waals surface area contributed by atoms with E-state index in [1.54, 1.807) is 6.92 Å². The van der Waals surface area contributed by atoms with Crippen molar-refractivity contribution in [3.63, 3.8) is 0 Å². The molecule has 1 unspecified atom stereocenters. The molecule has 0 saturated heterocycles. The zero-order valence-electron chi connectivity index (χ0n) is 5.35. The van der Waals surface area contributed by atoms with Crippen molar-refractivity contribution in [3.8, 4) is 0 Å². The topological polar surface area (TPSA) is 0 Å². The third-order valence-electron chi connectivity index (χ3n) is 0.958. The smallest absolute Gasteiger partial charge is 0.120 e. The predicted molar refractivity (Wildman–Crippen MR) is 54.3 cm³/mol. The lowest BCUT2D eigenvalue weighted by atomic mass is 10.3. The lowest BCUT2D eigenvalue weighted by Crippen LogP contribution is -2.24. The second-order valence-corrected chi connectivity index (χ2v) is 5.18. The van der Waals surface area contributed by atoms with E-state index >= 15 is 0 Å². The summed E-state index contributed by atoms with van der Waals surface area (Å²) in [5, 5.41) is -0.641. The van der Waals surface area contributed by atoms with Crippen molar-refractivity contribution in [2.45, 2.75) is 16.6 Å². The summed E-state index contributed by atoms with van der Waals surface area (Å²) in [4.78, 5) is 0. The van der Waals surface area contributed by atoms with Crippen LogP contribution in [0.1, 0.15) is 6.92 Å². The first-order valence-corrected chi connectivity index (χ1v) is 4.86. The first-order chi connectivity index (χ1) is 4.80. The number of hydrogen-bond donors (Lipinski definition) is 0. The number of rotatable bonds is 2. The van der Waals surface area contributed by atoms with Gasteiger partial charge in [0.1, 0.15) is 4.49 Å². The maximum Gasteiger partial charge on any atom is 0.171 e. The summed E-state index contributed by atoms with van der Waals surface area (Å²) >= 11 is 33.2. The van der Waals surface area contributed by atoms with Gasteiger partial charge in [-0.25, -0.2) is 0 Å². The van der Waals surface area contributed by atoms with Crippen molar-refractivity contribution < 1.29 is 0 Å². The molecular formula is C5H4Cl6. The van der Waals surface area contributed by atoms with Gasteiger partial charge in [0.25, 0.3) is 0 Å². The van der Waals surface area contributed by atoms with Gasteiger partial charge in [0, 0.05) is 0 Å². The second kappa shape index (κ2) is 4.64. The standard InChI is InChI=1S/C5H4Cl6/c1-2(6)5(10,11)3(7)4(8)9/h2H,1H3. The highest BCUT2D eigenvalue weighted by Gasteiger charge is 2.35. The third-order valence-corrected chi connectivity index (χ3v) is 3.79. The fraction of sp³-hybridized carbons (Fsp3) is 0.600. The van der Waals surface area contributed by atoms with E-state index in [9.17, 15) is 0 Å². The van der Waals surface area contributed by atoms with E-state index < -0.39 is 9.71 Å². The average Bonchev–Trinajstić information content (AvgIpc) is 1.85. The maximum atomic E-state index is 5.69. The third kappa shape index (κ3) is 3.38. The van der Waals surface area contributed by atoms with E-state index in [0.29, 0.717) is 0 Å². The summed E-state index contributed by atoms with van der Waals surface area (Å²) in [6.07, 6.45) is 0. The van der Waals surface area contributed by atoms with Crippen molar-refractivity contribution in [3.05, 3.63) is 9.52 Å². The van der Waals surface area contributed by atoms with Crippen LogP contribution in [0.25, 0.3) is 0 Å². The predicted octanol–water partition coefficient (Wildman–Crippen LogP) is 4.67. The molecule has 0 spiro atoms. The first kappa shape index (κ1) is 12.5. The fourth-order valence-corrected chi connectivity index (χ4v) is 1.31. The second-order valence-electron chi connectivity index (χ2n) is 1.81. The minimum absolute atomic E-state index is 0.0633. The lowest BCUT2D eigenvalue weighted by molar-refractivity contribution is 0.892. The molecule has 0 saturated carbocycles. The largest absolute Gasteiger partial charge is 0.171 e. The molecule has 0 aromatic carbocycles. The van der Waals surface area contributed by atoms with Crippen LogP contribution in [-0.4, -0.2) is 9.71 Å². The van der Waals surface area contributed by atoms with Crippen LogP contribution in [0.15, 0.2) is 9.52 Å². The van der Waals surface area contributed by atoms with Gasteiger partial charge in [0.15, 0.2) is 4.33 Å². The molecule has 0 nitrogen and oxygen atoms in total. The number of hydrogen-bond acceptors (Lipinski definition) is 0. The van der Waals surface area contributed by atoms with E-state index in [0.717, 1.165) is 0 Å². The highest BCUT2D eigenvalue weighted by molar-refractivity contribution is 6.65. The van der Waals surface area contributed by atoms with Gasteiger partial charge in [0.05, 0.1) is 10.4 Å². The van der Waals surface area contributed by atoms with Crippen LogP contribution in [0.4, 0.5) is 0 Å². The molecular weight excluding hydrogens is 273 g/mol. The SMILES string of the molecule is CC(Cl)C(Cl)(Cl)C(Cl)=C(Cl)Cl. The lowest BCUT2D eigenvalue weighted by Gasteiger charge is -2.21. The van der Waals surface area contributed by atoms with Crippen molar-refractivity contribution >= 4 is 69.6 Å². The van der Waals surface area contributed by atoms with E-state index in [-0.39, 0.29) is 9.52 Å². The molecule has 0 aromatic rings. The molecule has 0 aliphatic heterocycles. The summed E-state index contributed by atoms with van der Waals surface area (Å²) in [7, 11) is 0. The minimum Gasteiger partial charge on any atom is -0.120 e. The average molecular weight is 277 g/mol. The minimum atomic E-state index is -1.43. The molecule has 0 rings (SSSR count). The van der Waals surface area contributed by atoms with Crippen LogP contribution in [-0.2, 0) is 0 Å². The van der Waals surface area contributed by atoms with Gasteiger partial charge in [-0.3, -0.25) is 0 Å². The maximum absolute atomic E-state index is 5.69. The number of allylic oxidation sites excluding steroid dienone is 1. The Morgan fingerprint density at radius 3 is 1.64 bits per heavy atom. The van der Waals surface area contributed by atoms with Crippen LogP contribution < -0.4 is 0 Å². The Labute approximate surface area is 95.3 Å². The van der Waals surface area contributed by atoms with Gasteiger partial charge in [-0.15, -0.1) is 11.6 Å². The van der Waals surface area contributed by atoms with E-state index in [4.69, 9.17) is 69.6 Å². The van der Waals surface area contributed by atoms with Crippen LogP contribution in [0.3, 0.4) is 0 Å². The number of alkyl halides is 3. The van der Waals surface area contributed by atoms with Gasteiger partial charge in [-0.2, -0.15) is 0 Å². The monoisotopic (exact) mass is 274 g/mol. The zero-order valence-corrected chi connectivity index (χ0v) is 9.88. The highest BCUT2D eigenvalue weighted by Crippen LogP contribution is 2.42. The van der Waals surface area contributed by atoms with Crippen molar-refractivity contribution in [2.75, 3.05) is 0 Å². The molecule has 0 fully saturated rings. The van der Waals surface area contributed by atoms with E-state index in [1.807, 2.05) is 0 Å². The van der Waals surface area contributed by atoms with Gasteiger partial charge >= 0.3 is 0 Å². The Kier molecular flexibility index (Phi) is 5.27. The molecule has 0 aliphatic rings. The van der Waals surface area contributed by atoms with Crippen LogP contribution in [0.2, 0.25) is 0 Å². The summed E-state index contributed by atoms with van der Waals surface area (Å²) in [6.45, 7) is 1.58. The van der Waals surface area contributed by atoms with E-state index in [2.05, 4.69) is 0 Å². The quantitative estimate of drug-likeness (QED) is 0.643. The molecule has 0 aromatic heterocycles. The van der Waals surface area contributed by atoms with Crippen LogP contribution >= 0.6 is 69.6 Å². The summed E-state index contributed by atoms with van der Waals surface area (Å²) < 4.78 is -1.61. The van der Waals surface area contributed by atoms with Gasteiger partial charge in [0.2, 0.25) is 0 Å². The van der Waals surface area contributed by atoms with Crippen LogP contribution in [0.5, 0.6) is 0 Å². The molecule has 0 N–H and O–H groups in total. The molecule has 0 amide bonds.